The summed E-state index contributed by atoms with van der Waals surface area (Å²) in [6.07, 6.45) is 7.13. The number of benzene rings is 1. The lowest BCUT2D eigenvalue weighted by atomic mass is 9.97. The number of nitrogens with zero attached hydrogens (tertiary/aromatic N) is 5. The van der Waals surface area contributed by atoms with Crippen LogP contribution >= 0.6 is 0 Å². The molecule has 0 spiro atoms. The second-order valence-electron chi connectivity index (χ2n) is 8.23. The molecule has 1 aromatic carbocycles. The normalized spacial score (nSPS) is 16.7. The Bertz CT molecular complexity index is 1270. The van der Waals surface area contributed by atoms with Gasteiger partial charge in [0.15, 0.2) is 0 Å². The molecule has 1 atom stereocenters. The molecule has 3 aromatic heterocycles. The first kappa shape index (κ1) is 20.2. The number of hydrogen-bond donors (Lipinski definition) is 2. The van der Waals surface area contributed by atoms with Crippen LogP contribution in [0, 0.1) is 18.3 Å². The molecule has 0 amide bonds. The zero-order chi connectivity index (χ0) is 21.9. The van der Waals surface area contributed by atoms with E-state index in [1.807, 2.05) is 31.3 Å². The van der Waals surface area contributed by atoms with Crippen LogP contribution in [0.25, 0.3) is 10.9 Å². The van der Waals surface area contributed by atoms with Crippen molar-refractivity contribution in [3.63, 3.8) is 0 Å². The summed E-state index contributed by atoms with van der Waals surface area (Å²) in [5.41, 5.74) is 4.75. The minimum atomic E-state index is 0.249. The van der Waals surface area contributed by atoms with Crippen LogP contribution in [0.4, 0.5) is 11.5 Å². The second-order valence-corrected chi connectivity index (χ2v) is 8.23. The summed E-state index contributed by atoms with van der Waals surface area (Å²) in [4.78, 5) is 19.4. The van der Waals surface area contributed by atoms with Crippen LogP contribution in [0.3, 0.4) is 0 Å². The standard InChI is InChI=1S/C25H25N7/c1-17-29-23(13-25(30-17)31-20-9-8-19(14-26)28-15-20)24-7-2-3-12-32(24)16-18-5-4-6-22-21(18)10-11-27-22/h4-6,8-11,13,15,24,27H,2-3,7,12,16H2,1H3,(H,29,30,31)/t24-/m1/s1. The van der Waals surface area contributed by atoms with Gasteiger partial charge in [-0.3, -0.25) is 4.90 Å². The maximum Gasteiger partial charge on any atom is 0.140 e. The number of fused-ring (bicyclic) bond motifs is 1. The Morgan fingerprint density at radius 2 is 2.12 bits per heavy atom. The Hall–Kier alpha value is -3.76. The molecule has 0 radical (unpaired) electrons. The number of aryl methyl sites for hydroxylation is 1. The Morgan fingerprint density at radius 3 is 2.97 bits per heavy atom. The number of likely N-dealkylation sites (tertiary alicyclic amines) is 1. The third-order valence-corrected chi connectivity index (χ3v) is 6.02. The van der Waals surface area contributed by atoms with Gasteiger partial charge in [-0.05, 0) is 56.1 Å². The number of nitrogens with one attached hydrogen (secondary N) is 2. The monoisotopic (exact) mass is 423 g/mol. The van der Waals surface area contributed by atoms with E-state index in [1.54, 1.807) is 12.3 Å². The highest BCUT2D eigenvalue weighted by Gasteiger charge is 2.26. The first-order valence-electron chi connectivity index (χ1n) is 11.0. The van der Waals surface area contributed by atoms with Crippen molar-refractivity contribution in [2.45, 2.75) is 38.8 Å². The molecule has 1 aliphatic rings. The average molecular weight is 424 g/mol. The second kappa shape index (κ2) is 8.77. The van der Waals surface area contributed by atoms with E-state index in [0.717, 1.165) is 42.5 Å². The number of piperidine rings is 1. The van der Waals surface area contributed by atoms with E-state index >= 15 is 0 Å². The van der Waals surface area contributed by atoms with Gasteiger partial charge in [-0.1, -0.05) is 18.6 Å². The number of rotatable bonds is 5. The minimum absolute atomic E-state index is 0.249. The van der Waals surface area contributed by atoms with Gasteiger partial charge in [0.1, 0.15) is 23.4 Å². The summed E-state index contributed by atoms with van der Waals surface area (Å²) < 4.78 is 0. The van der Waals surface area contributed by atoms with Crippen LogP contribution in [-0.4, -0.2) is 31.4 Å². The number of anilines is 2. The number of hydrogen-bond acceptors (Lipinski definition) is 6. The van der Waals surface area contributed by atoms with Crippen molar-refractivity contribution in [3.05, 3.63) is 77.6 Å². The van der Waals surface area contributed by atoms with Crippen LogP contribution in [-0.2, 0) is 6.54 Å². The smallest absolute Gasteiger partial charge is 0.140 e. The summed E-state index contributed by atoms with van der Waals surface area (Å²) in [5, 5.41) is 13.6. The summed E-state index contributed by atoms with van der Waals surface area (Å²) in [6, 6.07) is 16.5. The van der Waals surface area contributed by atoms with Crippen molar-refractivity contribution < 1.29 is 0 Å². The molecular weight excluding hydrogens is 398 g/mol. The Balaban J connectivity index is 1.41. The van der Waals surface area contributed by atoms with Crippen molar-refractivity contribution in [1.82, 2.24) is 24.8 Å². The fourth-order valence-corrected chi connectivity index (χ4v) is 4.53. The third kappa shape index (κ3) is 4.18. The van der Waals surface area contributed by atoms with Crippen molar-refractivity contribution in [1.29, 1.82) is 5.26 Å². The first-order valence-corrected chi connectivity index (χ1v) is 11.0. The fourth-order valence-electron chi connectivity index (χ4n) is 4.53. The molecule has 5 rings (SSSR count). The molecule has 0 aliphatic carbocycles. The van der Waals surface area contributed by atoms with Gasteiger partial charge in [0.05, 0.1) is 23.6 Å². The van der Waals surface area contributed by atoms with E-state index in [-0.39, 0.29) is 6.04 Å². The van der Waals surface area contributed by atoms with Crippen LogP contribution in [0.2, 0.25) is 0 Å². The van der Waals surface area contributed by atoms with E-state index in [4.69, 9.17) is 10.2 Å². The van der Waals surface area contributed by atoms with E-state index in [0.29, 0.717) is 5.69 Å². The topological polar surface area (TPSA) is 93.5 Å². The van der Waals surface area contributed by atoms with Crippen LogP contribution in [0.15, 0.2) is 54.9 Å². The molecule has 1 aliphatic heterocycles. The van der Waals surface area contributed by atoms with Crippen molar-refractivity contribution >= 4 is 22.4 Å². The van der Waals surface area contributed by atoms with Gasteiger partial charge in [0.25, 0.3) is 0 Å². The summed E-state index contributed by atoms with van der Waals surface area (Å²) in [7, 11) is 0. The lowest BCUT2D eigenvalue weighted by Gasteiger charge is -2.35. The zero-order valence-corrected chi connectivity index (χ0v) is 18.0. The van der Waals surface area contributed by atoms with Gasteiger partial charge >= 0.3 is 0 Å². The quantitative estimate of drug-likeness (QED) is 0.469. The van der Waals surface area contributed by atoms with E-state index in [2.05, 4.69) is 49.4 Å². The number of aromatic nitrogens is 4. The lowest BCUT2D eigenvalue weighted by Crippen LogP contribution is -2.33. The molecule has 32 heavy (non-hydrogen) atoms. The SMILES string of the molecule is Cc1nc(Nc2ccc(C#N)nc2)cc([C@H]2CCCCN2Cc2cccc3[nH]ccc23)n1. The molecule has 7 nitrogen and oxygen atoms in total. The summed E-state index contributed by atoms with van der Waals surface area (Å²) in [6.45, 7) is 3.88. The van der Waals surface area contributed by atoms with Gasteiger partial charge in [-0.15, -0.1) is 0 Å². The molecule has 4 heterocycles. The molecule has 0 saturated carbocycles. The molecule has 4 aromatic rings. The predicted octanol–water partition coefficient (Wildman–Crippen LogP) is 5.00. The van der Waals surface area contributed by atoms with Crippen molar-refractivity contribution in [2.24, 2.45) is 0 Å². The molecule has 2 N–H and O–H groups in total. The number of aromatic amines is 1. The minimum Gasteiger partial charge on any atom is -0.361 e. The maximum absolute atomic E-state index is 8.95. The fraction of sp³-hybridized carbons (Fsp3) is 0.280. The number of nitriles is 1. The molecule has 1 fully saturated rings. The maximum atomic E-state index is 8.95. The zero-order valence-electron chi connectivity index (χ0n) is 18.0. The Morgan fingerprint density at radius 1 is 1.19 bits per heavy atom. The average Bonchev–Trinajstić information content (AvgIpc) is 3.30. The van der Waals surface area contributed by atoms with Crippen LogP contribution in [0.5, 0.6) is 0 Å². The lowest BCUT2D eigenvalue weighted by molar-refractivity contribution is 0.137. The van der Waals surface area contributed by atoms with Crippen LogP contribution in [0.1, 0.15) is 48.1 Å². The number of H-pyrrole nitrogens is 1. The van der Waals surface area contributed by atoms with E-state index < -0.39 is 0 Å². The molecule has 0 unspecified atom stereocenters. The molecular formula is C25H25N7. The number of pyridine rings is 1. The van der Waals surface area contributed by atoms with Gasteiger partial charge in [-0.2, -0.15) is 5.26 Å². The van der Waals surface area contributed by atoms with Gasteiger partial charge in [-0.25, -0.2) is 15.0 Å². The molecule has 160 valence electrons. The first-order chi connectivity index (χ1) is 15.7. The molecule has 0 bridgehead atoms. The highest BCUT2D eigenvalue weighted by Crippen LogP contribution is 2.33. The predicted molar refractivity (Wildman–Crippen MR) is 124 cm³/mol. The third-order valence-electron chi connectivity index (χ3n) is 6.02. The van der Waals surface area contributed by atoms with Crippen LogP contribution < -0.4 is 5.32 Å². The Kier molecular flexibility index (Phi) is 5.53. The molecule has 1 saturated heterocycles. The van der Waals surface area contributed by atoms with Crippen molar-refractivity contribution in [2.75, 3.05) is 11.9 Å². The van der Waals surface area contributed by atoms with E-state index in [9.17, 15) is 0 Å². The summed E-state index contributed by atoms with van der Waals surface area (Å²) in [5.74, 6) is 1.49. The van der Waals surface area contributed by atoms with Gasteiger partial charge in [0, 0.05) is 29.7 Å². The highest BCUT2D eigenvalue weighted by atomic mass is 15.2. The summed E-state index contributed by atoms with van der Waals surface area (Å²) >= 11 is 0. The highest BCUT2D eigenvalue weighted by molar-refractivity contribution is 5.82. The Labute approximate surface area is 187 Å². The molecule has 7 heteroatoms. The van der Waals surface area contributed by atoms with E-state index in [1.165, 1.54) is 29.3 Å². The van der Waals surface area contributed by atoms with Gasteiger partial charge in [0.2, 0.25) is 0 Å². The van der Waals surface area contributed by atoms with Crippen molar-refractivity contribution in [3.8, 4) is 6.07 Å². The van der Waals surface area contributed by atoms with Gasteiger partial charge < -0.3 is 10.3 Å². The largest absolute Gasteiger partial charge is 0.361 e.